The van der Waals surface area contributed by atoms with Crippen molar-refractivity contribution in [3.8, 4) is 0 Å². The van der Waals surface area contributed by atoms with Gasteiger partial charge in [-0.15, -0.1) is 0 Å². The second-order valence-corrected chi connectivity index (χ2v) is 6.98. The maximum Gasteiger partial charge on any atom is 0.0223 e. The zero-order valence-corrected chi connectivity index (χ0v) is 12.3. The quantitative estimate of drug-likeness (QED) is 0.735. The van der Waals surface area contributed by atoms with Crippen molar-refractivity contribution in [2.24, 2.45) is 5.92 Å². The molecule has 0 radical (unpaired) electrons. The number of rotatable bonds is 6. The monoisotopic (exact) mass is 256 g/mol. The summed E-state index contributed by atoms with van der Waals surface area (Å²) in [5, 5.41) is 3.76. The van der Waals surface area contributed by atoms with Crippen LogP contribution in [0.25, 0.3) is 0 Å². The molecule has 2 unspecified atom stereocenters. The lowest BCUT2D eigenvalue weighted by Gasteiger charge is -2.29. The molecule has 0 bridgehead atoms. The highest BCUT2D eigenvalue weighted by Gasteiger charge is 2.34. The molecule has 1 aliphatic carbocycles. The molecular weight excluding hydrogens is 228 g/mol. The molecular formula is C14H28N2S. The zero-order chi connectivity index (χ0) is 12.1. The second-order valence-electron chi connectivity index (χ2n) is 5.58. The lowest BCUT2D eigenvalue weighted by Crippen LogP contribution is -2.41. The highest BCUT2D eigenvalue weighted by atomic mass is 32.2. The lowest BCUT2D eigenvalue weighted by atomic mass is 10.1. The summed E-state index contributed by atoms with van der Waals surface area (Å²) in [6.45, 7) is 8.49. The Morgan fingerprint density at radius 3 is 2.82 bits per heavy atom. The molecule has 0 aromatic rings. The average molecular weight is 256 g/mol. The molecule has 2 aliphatic rings. The van der Waals surface area contributed by atoms with Crippen LogP contribution in [0.1, 0.15) is 39.5 Å². The van der Waals surface area contributed by atoms with Gasteiger partial charge in [0.15, 0.2) is 0 Å². The van der Waals surface area contributed by atoms with Crippen molar-refractivity contribution >= 4 is 11.8 Å². The third-order valence-corrected chi connectivity index (χ3v) is 5.14. The average Bonchev–Trinajstić information content (AvgIpc) is 3.13. The summed E-state index contributed by atoms with van der Waals surface area (Å²) in [7, 11) is 0. The van der Waals surface area contributed by atoms with Gasteiger partial charge in [-0.25, -0.2) is 0 Å². The molecule has 1 aliphatic heterocycles. The second kappa shape index (κ2) is 7.01. The molecule has 0 spiro atoms. The summed E-state index contributed by atoms with van der Waals surface area (Å²) >= 11 is 2.08. The maximum absolute atomic E-state index is 3.76. The molecule has 2 atom stereocenters. The molecule has 100 valence electrons. The minimum Gasteiger partial charge on any atom is -0.312 e. The minimum absolute atomic E-state index is 0.776. The summed E-state index contributed by atoms with van der Waals surface area (Å²) < 4.78 is 0. The first-order valence-corrected chi connectivity index (χ1v) is 8.52. The van der Waals surface area contributed by atoms with E-state index < -0.39 is 0 Å². The highest BCUT2D eigenvalue weighted by molar-refractivity contribution is 7.99. The molecule has 2 rings (SSSR count). The smallest absolute Gasteiger partial charge is 0.0223 e. The van der Waals surface area contributed by atoms with E-state index in [4.69, 9.17) is 0 Å². The SMILES string of the molecule is CCSCCCN1CC(C2CC2)NCCC1C. The Bertz CT molecular complexity index is 218. The first kappa shape index (κ1) is 13.7. The first-order valence-electron chi connectivity index (χ1n) is 7.36. The van der Waals surface area contributed by atoms with E-state index in [1.54, 1.807) is 0 Å². The largest absolute Gasteiger partial charge is 0.312 e. The van der Waals surface area contributed by atoms with Crippen molar-refractivity contribution in [1.82, 2.24) is 10.2 Å². The predicted octanol–water partition coefficient (Wildman–Crippen LogP) is 2.59. The fourth-order valence-electron chi connectivity index (χ4n) is 2.80. The van der Waals surface area contributed by atoms with Gasteiger partial charge in [0.2, 0.25) is 0 Å². The van der Waals surface area contributed by atoms with Gasteiger partial charge in [0.1, 0.15) is 0 Å². The molecule has 2 fully saturated rings. The van der Waals surface area contributed by atoms with Crippen molar-refractivity contribution in [1.29, 1.82) is 0 Å². The fraction of sp³-hybridized carbons (Fsp3) is 1.00. The van der Waals surface area contributed by atoms with Crippen LogP contribution in [0, 0.1) is 5.92 Å². The summed E-state index contributed by atoms with van der Waals surface area (Å²) in [5.41, 5.74) is 0. The Labute approximate surface area is 111 Å². The Morgan fingerprint density at radius 2 is 2.12 bits per heavy atom. The Hall–Kier alpha value is 0.270. The summed E-state index contributed by atoms with van der Waals surface area (Å²) in [6, 6.07) is 1.57. The van der Waals surface area contributed by atoms with Crippen LogP contribution in [-0.2, 0) is 0 Å². The van der Waals surface area contributed by atoms with Crippen LogP contribution in [0.15, 0.2) is 0 Å². The van der Waals surface area contributed by atoms with Gasteiger partial charge in [0, 0.05) is 18.6 Å². The number of hydrogen-bond acceptors (Lipinski definition) is 3. The molecule has 0 amide bonds. The Morgan fingerprint density at radius 1 is 1.29 bits per heavy atom. The third-order valence-electron chi connectivity index (χ3n) is 4.15. The molecule has 17 heavy (non-hydrogen) atoms. The standard InChI is InChI=1S/C14H28N2S/c1-3-17-10-4-9-16-11-14(13-5-6-13)15-8-7-12(16)2/h12-15H,3-11H2,1-2H3. The van der Waals surface area contributed by atoms with Gasteiger partial charge < -0.3 is 5.32 Å². The van der Waals surface area contributed by atoms with Crippen LogP contribution in [0.3, 0.4) is 0 Å². The molecule has 3 heteroatoms. The van der Waals surface area contributed by atoms with E-state index in [2.05, 4.69) is 35.8 Å². The van der Waals surface area contributed by atoms with Crippen LogP contribution in [0.2, 0.25) is 0 Å². The van der Waals surface area contributed by atoms with Crippen LogP contribution < -0.4 is 5.32 Å². The summed E-state index contributed by atoms with van der Waals surface area (Å²) in [4.78, 5) is 2.74. The first-order chi connectivity index (χ1) is 8.31. The fourth-order valence-corrected chi connectivity index (χ4v) is 3.42. The van der Waals surface area contributed by atoms with E-state index in [1.165, 1.54) is 56.8 Å². The van der Waals surface area contributed by atoms with Gasteiger partial charge in [-0.3, -0.25) is 4.90 Å². The van der Waals surface area contributed by atoms with E-state index in [0.717, 1.165) is 18.0 Å². The molecule has 0 aromatic carbocycles. The van der Waals surface area contributed by atoms with Crippen LogP contribution in [-0.4, -0.2) is 48.1 Å². The van der Waals surface area contributed by atoms with Crippen molar-refractivity contribution < 1.29 is 0 Å². The highest BCUT2D eigenvalue weighted by Crippen LogP contribution is 2.34. The predicted molar refractivity (Wildman–Crippen MR) is 77.8 cm³/mol. The summed E-state index contributed by atoms with van der Waals surface area (Å²) in [5.74, 6) is 3.59. The van der Waals surface area contributed by atoms with E-state index in [9.17, 15) is 0 Å². The zero-order valence-electron chi connectivity index (χ0n) is 11.5. The van der Waals surface area contributed by atoms with Crippen molar-refractivity contribution in [2.75, 3.05) is 31.1 Å². The van der Waals surface area contributed by atoms with Gasteiger partial charge in [-0.05, 0) is 63.1 Å². The molecule has 0 aromatic heterocycles. The Kier molecular flexibility index (Phi) is 5.64. The van der Waals surface area contributed by atoms with E-state index >= 15 is 0 Å². The number of nitrogens with one attached hydrogen (secondary N) is 1. The maximum atomic E-state index is 3.76. The third kappa shape index (κ3) is 4.46. The van der Waals surface area contributed by atoms with Crippen LogP contribution in [0.4, 0.5) is 0 Å². The minimum atomic E-state index is 0.776. The van der Waals surface area contributed by atoms with Gasteiger partial charge in [0.25, 0.3) is 0 Å². The molecule has 1 heterocycles. The van der Waals surface area contributed by atoms with Crippen LogP contribution >= 0.6 is 11.8 Å². The van der Waals surface area contributed by atoms with Crippen molar-refractivity contribution in [3.05, 3.63) is 0 Å². The lowest BCUT2D eigenvalue weighted by molar-refractivity contribution is 0.200. The van der Waals surface area contributed by atoms with Crippen molar-refractivity contribution in [3.63, 3.8) is 0 Å². The molecule has 1 saturated heterocycles. The van der Waals surface area contributed by atoms with E-state index in [0.29, 0.717) is 0 Å². The molecule has 2 nitrogen and oxygen atoms in total. The molecule has 1 N–H and O–H groups in total. The van der Waals surface area contributed by atoms with E-state index in [-0.39, 0.29) is 0 Å². The van der Waals surface area contributed by atoms with E-state index in [1.807, 2.05) is 0 Å². The van der Waals surface area contributed by atoms with Gasteiger partial charge in [-0.2, -0.15) is 11.8 Å². The normalized spacial score (nSPS) is 31.4. The number of thioether (sulfide) groups is 1. The van der Waals surface area contributed by atoms with Gasteiger partial charge in [-0.1, -0.05) is 6.92 Å². The van der Waals surface area contributed by atoms with Gasteiger partial charge in [0.05, 0.1) is 0 Å². The van der Waals surface area contributed by atoms with Gasteiger partial charge >= 0.3 is 0 Å². The van der Waals surface area contributed by atoms with Crippen molar-refractivity contribution in [2.45, 2.75) is 51.6 Å². The van der Waals surface area contributed by atoms with Crippen LogP contribution in [0.5, 0.6) is 0 Å². The summed E-state index contributed by atoms with van der Waals surface area (Å²) in [6.07, 6.45) is 5.61. The number of nitrogens with zero attached hydrogens (tertiary/aromatic N) is 1. The Balaban J connectivity index is 1.75. The number of hydrogen-bond donors (Lipinski definition) is 1. The molecule has 1 saturated carbocycles. The topological polar surface area (TPSA) is 15.3 Å².